The number of hydrogen-bond donors (Lipinski definition) is 0. The highest BCUT2D eigenvalue weighted by atomic mass is 19.2. The molecular formula is C12H9F2N. The van der Waals surface area contributed by atoms with Crippen LogP contribution < -0.4 is 0 Å². The van der Waals surface area contributed by atoms with Crippen LogP contribution >= 0.6 is 0 Å². The van der Waals surface area contributed by atoms with Gasteiger partial charge in [-0.2, -0.15) is 0 Å². The molecule has 0 spiro atoms. The van der Waals surface area contributed by atoms with Crippen molar-refractivity contribution in [2.24, 2.45) is 0 Å². The van der Waals surface area contributed by atoms with Crippen LogP contribution in [0.25, 0.3) is 11.1 Å². The molecule has 15 heavy (non-hydrogen) atoms. The average Bonchev–Trinajstić information content (AvgIpc) is 2.22. The number of hydrogen-bond acceptors (Lipinski definition) is 1. The molecule has 0 aliphatic carbocycles. The zero-order valence-corrected chi connectivity index (χ0v) is 8.17. The van der Waals surface area contributed by atoms with Crippen molar-refractivity contribution in [1.82, 2.24) is 4.98 Å². The first-order valence-corrected chi connectivity index (χ1v) is 4.54. The summed E-state index contributed by atoms with van der Waals surface area (Å²) in [5.41, 5.74) is 1.74. The van der Waals surface area contributed by atoms with E-state index in [-0.39, 0.29) is 5.56 Å². The monoisotopic (exact) mass is 205 g/mol. The van der Waals surface area contributed by atoms with E-state index in [0.717, 1.165) is 11.6 Å². The smallest absolute Gasteiger partial charge is 0.166 e. The van der Waals surface area contributed by atoms with Crippen LogP contribution in [0.1, 0.15) is 5.56 Å². The Hall–Kier alpha value is -1.77. The van der Waals surface area contributed by atoms with Crippen molar-refractivity contribution < 1.29 is 8.78 Å². The Bertz CT molecular complexity index is 495. The van der Waals surface area contributed by atoms with Crippen molar-refractivity contribution in [2.45, 2.75) is 6.92 Å². The van der Waals surface area contributed by atoms with Gasteiger partial charge in [0.15, 0.2) is 11.6 Å². The third-order valence-corrected chi connectivity index (χ3v) is 2.14. The second kappa shape index (κ2) is 3.77. The summed E-state index contributed by atoms with van der Waals surface area (Å²) in [5.74, 6) is -1.67. The van der Waals surface area contributed by atoms with Gasteiger partial charge in [0.05, 0.1) is 0 Å². The zero-order valence-electron chi connectivity index (χ0n) is 8.17. The van der Waals surface area contributed by atoms with Gasteiger partial charge in [0.2, 0.25) is 0 Å². The Balaban J connectivity index is 2.59. The molecule has 0 bridgehead atoms. The van der Waals surface area contributed by atoms with Gasteiger partial charge in [0.25, 0.3) is 0 Å². The molecule has 0 saturated heterocycles. The third-order valence-electron chi connectivity index (χ3n) is 2.14. The van der Waals surface area contributed by atoms with Gasteiger partial charge >= 0.3 is 0 Å². The first-order chi connectivity index (χ1) is 7.18. The minimum absolute atomic E-state index is 0.242. The van der Waals surface area contributed by atoms with Crippen molar-refractivity contribution in [2.75, 3.05) is 0 Å². The van der Waals surface area contributed by atoms with Crippen LogP contribution in [0.15, 0.2) is 36.7 Å². The predicted octanol–water partition coefficient (Wildman–Crippen LogP) is 3.34. The molecule has 3 heteroatoms. The molecule has 0 unspecified atom stereocenters. The summed E-state index contributed by atoms with van der Waals surface area (Å²) < 4.78 is 26.4. The molecule has 76 valence electrons. The summed E-state index contributed by atoms with van der Waals surface area (Å²) in [6.45, 7) is 1.85. The highest BCUT2D eigenvalue weighted by Gasteiger charge is 2.09. The number of aryl methyl sites for hydroxylation is 1. The topological polar surface area (TPSA) is 12.9 Å². The van der Waals surface area contributed by atoms with E-state index in [9.17, 15) is 8.78 Å². The minimum atomic E-state index is -0.839. The van der Waals surface area contributed by atoms with Crippen molar-refractivity contribution in [1.29, 1.82) is 0 Å². The molecule has 1 aromatic carbocycles. The Morgan fingerprint density at radius 2 is 1.93 bits per heavy atom. The fourth-order valence-electron chi connectivity index (χ4n) is 1.43. The Morgan fingerprint density at radius 3 is 2.67 bits per heavy atom. The summed E-state index contributed by atoms with van der Waals surface area (Å²) in [7, 11) is 0. The highest BCUT2D eigenvalue weighted by Crippen LogP contribution is 2.23. The zero-order chi connectivity index (χ0) is 10.8. The van der Waals surface area contributed by atoms with Gasteiger partial charge in [-0.15, -0.1) is 0 Å². The molecule has 1 heterocycles. The number of rotatable bonds is 1. The molecule has 1 nitrogen and oxygen atoms in total. The summed E-state index contributed by atoms with van der Waals surface area (Å²) in [6, 6.07) is 5.89. The first kappa shape index (κ1) is 9.77. The average molecular weight is 205 g/mol. The van der Waals surface area contributed by atoms with Crippen molar-refractivity contribution >= 4 is 0 Å². The molecule has 0 atom stereocenters. The lowest BCUT2D eigenvalue weighted by Gasteiger charge is -2.04. The number of benzene rings is 1. The maximum absolute atomic E-state index is 13.4. The van der Waals surface area contributed by atoms with Crippen LogP contribution in [0.4, 0.5) is 8.78 Å². The normalized spacial score (nSPS) is 10.3. The molecule has 2 aromatic rings. The molecule has 0 radical (unpaired) electrons. The van der Waals surface area contributed by atoms with Gasteiger partial charge < -0.3 is 0 Å². The predicted molar refractivity (Wildman–Crippen MR) is 54.3 cm³/mol. The van der Waals surface area contributed by atoms with Crippen LogP contribution in [0.5, 0.6) is 0 Å². The van der Waals surface area contributed by atoms with E-state index >= 15 is 0 Å². The van der Waals surface area contributed by atoms with Crippen LogP contribution in [0, 0.1) is 18.6 Å². The Labute approximate surface area is 86.4 Å². The minimum Gasteiger partial charge on any atom is -0.264 e. The first-order valence-electron chi connectivity index (χ1n) is 4.54. The Morgan fingerprint density at radius 1 is 1.13 bits per heavy atom. The maximum atomic E-state index is 13.4. The molecule has 1 aromatic heterocycles. The fourth-order valence-corrected chi connectivity index (χ4v) is 1.43. The van der Waals surface area contributed by atoms with Crippen LogP contribution in [-0.2, 0) is 0 Å². The lowest BCUT2D eigenvalue weighted by atomic mass is 10.1. The summed E-state index contributed by atoms with van der Waals surface area (Å²) in [4.78, 5) is 3.94. The maximum Gasteiger partial charge on any atom is 0.166 e. The van der Waals surface area contributed by atoms with Crippen LogP contribution in [0.2, 0.25) is 0 Å². The molecule has 0 N–H and O–H groups in total. The number of nitrogens with zero attached hydrogens (tertiary/aromatic N) is 1. The quantitative estimate of drug-likeness (QED) is 0.695. The van der Waals surface area contributed by atoms with Crippen LogP contribution in [-0.4, -0.2) is 4.98 Å². The van der Waals surface area contributed by atoms with Gasteiger partial charge in [-0.05, 0) is 24.6 Å². The van der Waals surface area contributed by atoms with E-state index in [1.807, 2.05) is 6.92 Å². The summed E-state index contributed by atoms with van der Waals surface area (Å²) in [6.07, 6.45) is 3.19. The fraction of sp³-hybridized carbons (Fsp3) is 0.0833. The SMILES string of the molecule is Cc1cncc(-c2cccc(F)c2F)c1. The lowest BCUT2D eigenvalue weighted by molar-refractivity contribution is 0.511. The largest absolute Gasteiger partial charge is 0.264 e. The number of halogens is 2. The number of aromatic nitrogens is 1. The molecule has 0 aliphatic heterocycles. The van der Waals surface area contributed by atoms with E-state index in [4.69, 9.17) is 0 Å². The summed E-state index contributed by atoms with van der Waals surface area (Å²) in [5, 5.41) is 0. The lowest BCUT2D eigenvalue weighted by Crippen LogP contribution is -1.90. The molecule has 2 rings (SSSR count). The number of pyridine rings is 1. The van der Waals surface area contributed by atoms with E-state index in [2.05, 4.69) is 4.98 Å². The van der Waals surface area contributed by atoms with Gasteiger partial charge in [0.1, 0.15) is 0 Å². The van der Waals surface area contributed by atoms with Crippen molar-refractivity contribution in [3.63, 3.8) is 0 Å². The van der Waals surface area contributed by atoms with E-state index in [0.29, 0.717) is 5.56 Å². The van der Waals surface area contributed by atoms with Gasteiger partial charge in [-0.1, -0.05) is 12.1 Å². The molecule has 0 saturated carbocycles. The molecular weight excluding hydrogens is 196 g/mol. The standard InChI is InChI=1S/C12H9F2N/c1-8-5-9(7-15-6-8)10-3-2-4-11(13)12(10)14/h2-7H,1H3. The van der Waals surface area contributed by atoms with E-state index in [1.54, 1.807) is 12.3 Å². The van der Waals surface area contributed by atoms with Crippen molar-refractivity contribution in [3.05, 3.63) is 53.9 Å². The van der Waals surface area contributed by atoms with Crippen LogP contribution in [0.3, 0.4) is 0 Å². The highest BCUT2D eigenvalue weighted by molar-refractivity contribution is 5.63. The summed E-state index contributed by atoms with van der Waals surface area (Å²) >= 11 is 0. The molecule has 0 fully saturated rings. The van der Waals surface area contributed by atoms with Gasteiger partial charge in [0, 0.05) is 23.5 Å². The van der Waals surface area contributed by atoms with E-state index < -0.39 is 11.6 Å². The van der Waals surface area contributed by atoms with Gasteiger partial charge in [-0.3, -0.25) is 4.98 Å². The molecule has 0 amide bonds. The Kier molecular flexibility index (Phi) is 2.46. The van der Waals surface area contributed by atoms with Gasteiger partial charge in [-0.25, -0.2) is 8.78 Å². The third kappa shape index (κ3) is 1.86. The second-order valence-electron chi connectivity index (χ2n) is 3.35. The van der Waals surface area contributed by atoms with Crippen molar-refractivity contribution in [3.8, 4) is 11.1 Å². The van der Waals surface area contributed by atoms with E-state index in [1.165, 1.54) is 18.3 Å². The second-order valence-corrected chi connectivity index (χ2v) is 3.35. The molecule has 0 aliphatic rings.